The summed E-state index contributed by atoms with van der Waals surface area (Å²) >= 11 is 0. The van der Waals surface area contributed by atoms with Crippen LogP contribution in [0.3, 0.4) is 0 Å². The van der Waals surface area contributed by atoms with Crippen molar-refractivity contribution < 1.29 is 24.0 Å². The Balaban J connectivity index is 1.39. The summed E-state index contributed by atoms with van der Waals surface area (Å²) in [6.07, 6.45) is -1.24. The number of anilines is 1. The summed E-state index contributed by atoms with van der Waals surface area (Å²) in [6, 6.07) is 14.4. The van der Waals surface area contributed by atoms with Crippen molar-refractivity contribution in [3.8, 4) is 6.07 Å². The third-order valence-electron chi connectivity index (χ3n) is 7.63. The van der Waals surface area contributed by atoms with E-state index in [4.69, 9.17) is 14.8 Å². The van der Waals surface area contributed by atoms with Crippen LogP contribution in [0.4, 0.5) is 5.69 Å². The number of aliphatic imine (C=N–C) groups is 1. The van der Waals surface area contributed by atoms with Crippen molar-refractivity contribution in [3.63, 3.8) is 0 Å². The van der Waals surface area contributed by atoms with Gasteiger partial charge in [-0.3, -0.25) is 19.7 Å². The molecule has 10 nitrogen and oxygen atoms in total. The number of hydroxylamine groups is 1. The van der Waals surface area contributed by atoms with Crippen LogP contribution < -0.4 is 15.7 Å². The standard InChI is InChI=1S/C27H25N5O5/c1-14-13-32-20-8-7-18(24-30-25(37-31-24)17-5-3-16(12-28)4-6-17)9-19(20)11-27(23(32)15(2)36-14)21(33)10-22(34)29-26(27)35/h3-9,14-15,23,25H,10-11,13H2,1-2H3,(H,30,31)(H,29,34,35)/t14-,15+,23-,25?,27-/m1/s1. The van der Waals surface area contributed by atoms with Gasteiger partial charge in [0.05, 0.1) is 36.3 Å². The fraction of sp³-hybridized carbons (Fsp3) is 0.370. The fourth-order valence-electron chi connectivity index (χ4n) is 6.07. The van der Waals surface area contributed by atoms with E-state index >= 15 is 0 Å². The van der Waals surface area contributed by atoms with Crippen LogP contribution >= 0.6 is 0 Å². The molecule has 0 radical (unpaired) electrons. The molecule has 4 aliphatic rings. The lowest BCUT2D eigenvalue weighted by atomic mass is 9.63. The molecule has 0 saturated carbocycles. The van der Waals surface area contributed by atoms with Gasteiger partial charge in [-0.15, -0.1) is 0 Å². The second-order valence-electron chi connectivity index (χ2n) is 10.0. The second-order valence-corrected chi connectivity index (χ2v) is 10.0. The number of Topliss-reactive ketones (excluding diaryl/α,β-unsaturated/α-hetero) is 1. The monoisotopic (exact) mass is 499 g/mol. The van der Waals surface area contributed by atoms with E-state index in [1.165, 1.54) is 0 Å². The number of rotatable bonds is 2. The van der Waals surface area contributed by atoms with Gasteiger partial charge in [0.15, 0.2) is 11.6 Å². The summed E-state index contributed by atoms with van der Waals surface area (Å²) in [5.41, 5.74) is 5.31. The van der Waals surface area contributed by atoms with Gasteiger partial charge in [-0.1, -0.05) is 12.1 Å². The number of nitrogens with zero attached hydrogens (tertiary/aromatic N) is 3. The van der Waals surface area contributed by atoms with Crippen molar-refractivity contribution in [2.24, 2.45) is 10.4 Å². The van der Waals surface area contributed by atoms with Gasteiger partial charge < -0.3 is 9.64 Å². The van der Waals surface area contributed by atoms with E-state index < -0.39 is 29.5 Å². The number of morpholine rings is 1. The number of nitriles is 1. The quantitative estimate of drug-likeness (QED) is 0.471. The van der Waals surface area contributed by atoms with E-state index in [9.17, 15) is 14.4 Å². The summed E-state index contributed by atoms with van der Waals surface area (Å²) in [6.45, 7) is 4.36. The summed E-state index contributed by atoms with van der Waals surface area (Å²) in [4.78, 5) is 51.2. The second kappa shape index (κ2) is 8.50. The Morgan fingerprint density at radius 3 is 2.65 bits per heavy atom. The Labute approximate surface area is 213 Å². The third kappa shape index (κ3) is 3.62. The Bertz CT molecular complexity index is 1370. The van der Waals surface area contributed by atoms with E-state index in [0.29, 0.717) is 17.9 Å². The Hall–Kier alpha value is -4.07. The Morgan fingerprint density at radius 1 is 1.14 bits per heavy atom. The predicted molar refractivity (Wildman–Crippen MR) is 131 cm³/mol. The molecule has 2 aromatic carbocycles. The molecule has 6 rings (SSSR count). The van der Waals surface area contributed by atoms with Gasteiger partial charge in [0.2, 0.25) is 18.0 Å². The molecule has 1 spiro atoms. The molecule has 37 heavy (non-hydrogen) atoms. The summed E-state index contributed by atoms with van der Waals surface area (Å²) in [5.74, 6) is -0.991. The lowest BCUT2D eigenvalue weighted by molar-refractivity contribution is -0.158. The predicted octanol–water partition coefficient (Wildman–Crippen LogP) is 1.68. The van der Waals surface area contributed by atoms with Crippen LogP contribution in [0, 0.1) is 16.7 Å². The zero-order chi connectivity index (χ0) is 25.9. The first-order valence-corrected chi connectivity index (χ1v) is 12.2. The number of nitrogens with one attached hydrogen (secondary N) is 2. The van der Waals surface area contributed by atoms with Gasteiger partial charge in [-0.2, -0.15) is 5.26 Å². The van der Waals surface area contributed by atoms with Gasteiger partial charge in [0, 0.05) is 23.4 Å². The third-order valence-corrected chi connectivity index (χ3v) is 7.63. The SMILES string of the molecule is C[C@@H]1CN2c3ccc(C4=NC(c5ccc(C#N)cc5)ON4)cc3C[C@@]3(C(=O)CC(=O)NC3=O)[C@H]2[C@H](C)O1. The van der Waals surface area contributed by atoms with Gasteiger partial charge in [0.1, 0.15) is 5.41 Å². The maximum atomic E-state index is 13.4. The molecule has 0 bridgehead atoms. The first-order valence-electron chi connectivity index (χ1n) is 12.2. The number of piperidine rings is 1. The largest absolute Gasteiger partial charge is 0.372 e. The number of ketones is 1. The number of hydrogen-bond donors (Lipinski definition) is 2. The molecule has 2 aromatic rings. The number of amides is 2. The molecule has 0 aliphatic carbocycles. The molecule has 10 heteroatoms. The highest BCUT2D eigenvalue weighted by Gasteiger charge is 2.62. The normalized spacial score (nSPS) is 30.7. The van der Waals surface area contributed by atoms with Crippen molar-refractivity contribution >= 4 is 29.1 Å². The van der Waals surface area contributed by atoms with Crippen LogP contribution in [0.1, 0.15) is 48.8 Å². The molecule has 1 unspecified atom stereocenters. The minimum Gasteiger partial charge on any atom is -0.372 e. The average Bonchev–Trinajstić information content (AvgIpc) is 3.37. The lowest BCUT2D eigenvalue weighted by Crippen LogP contribution is -2.72. The molecular formula is C27H25N5O5. The molecule has 2 amide bonds. The molecular weight excluding hydrogens is 474 g/mol. The number of ether oxygens (including phenoxy) is 1. The summed E-state index contributed by atoms with van der Waals surface area (Å²) in [5, 5.41) is 11.4. The Kier molecular flexibility index (Phi) is 5.36. The zero-order valence-electron chi connectivity index (χ0n) is 20.4. The fourth-order valence-corrected chi connectivity index (χ4v) is 6.07. The highest BCUT2D eigenvalue weighted by atomic mass is 16.7. The number of hydrogen-bond acceptors (Lipinski definition) is 9. The van der Waals surface area contributed by atoms with E-state index in [1.54, 1.807) is 24.3 Å². The van der Waals surface area contributed by atoms with Gasteiger partial charge in [0.25, 0.3) is 0 Å². The molecule has 188 valence electrons. The van der Waals surface area contributed by atoms with Crippen LogP contribution in [0.5, 0.6) is 0 Å². The number of fused-ring (bicyclic) bond motifs is 4. The van der Waals surface area contributed by atoms with E-state index in [-0.39, 0.29) is 30.8 Å². The van der Waals surface area contributed by atoms with Gasteiger partial charge in [-0.25, -0.2) is 15.3 Å². The maximum absolute atomic E-state index is 13.4. The van der Waals surface area contributed by atoms with Crippen molar-refractivity contribution in [3.05, 3.63) is 64.7 Å². The lowest BCUT2D eigenvalue weighted by Gasteiger charge is -2.55. The number of carbonyl (C=O) groups is 3. The highest BCUT2D eigenvalue weighted by Crippen LogP contribution is 2.48. The first kappa shape index (κ1) is 23.3. The minimum atomic E-state index is -1.43. The molecule has 4 aliphatic heterocycles. The smallest absolute Gasteiger partial charge is 0.242 e. The number of imide groups is 1. The molecule has 5 atom stereocenters. The number of amidine groups is 1. The van der Waals surface area contributed by atoms with Crippen LogP contribution in [0.15, 0.2) is 47.5 Å². The van der Waals surface area contributed by atoms with Crippen molar-refractivity contribution in [1.29, 1.82) is 5.26 Å². The topological polar surface area (TPSA) is 133 Å². The van der Waals surface area contributed by atoms with Crippen molar-refractivity contribution in [2.45, 2.75) is 51.2 Å². The van der Waals surface area contributed by atoms with E-state index in [1.807, 2.05) is 32.0 Å². The minimum absolute atomic E-state index is 0.0974. The first-order chi connectivity index (χ1) is 17.8. The van der Waals surface area contributed by atoms with Crippen molar-refractivity contribution in [2.75, 3.05) is 11.4 Å². The van der Waals surface area contributed by atoms with E-state index in [2.05, 4.69) is 26.8 Å². The molecule has 0 aromatic heterocycles. The summed E-state index contributed by atoms with van der Waals surface area (Å²) < 4.78 is 6.07. The number of carbonyl (C=O) groups excluding carboxylic acids is 3. The molecule has 2 N–H and O–H groups in total. The molecule has 2 fully saturated rings. The molecule has 4 heterocycles. The van der Waals surface area contributed by atoms with Crippen molar-refractivity contribution in [1.82, 2.24) is 10.8 Å². The van der Waals surface area contributed by atoms with Gasteiger partial charge in [-0.05, 0) is 56.2 Å². The van der Waals surface area contributed by atoms with Crippen LogP contribution in [0.25, 0.3) is 0 Å². The Morgan fingerprint density at radius 2 is 1.92 bits per heavy atom. The number of benzene rings is 2. The highest BCUT2D eigenvalue weighted by molar-refractivity contribution is 6.22. The molecule has 2 saturated heterocycles. The van der Waals surface area contributed by atoms with Crippen LogP contribution in [-0.2, 0) is 30.4 Å². The summed E-state index contributed by atoms with van der Waals surface area (Å²) in [7, 11) is 0. The zero-order valence-corrected chi connectivity index (χ0v) is 20.4. The van der Waals surface area contributed by atoms with Crippen LogP contribution in [-0.4, -0.2) is 48.2 Å². The maximum Gasteiger partial charge on any atom is 0.242 e. The van der Waals surface area contributed by atoms with Gasteiger partial charge >= 0.3 is 0 Å². The van der Waals surface area contributed by atoms with E-state index in [0.717, 1.165) is 22.4 Å². The average molecular weight is 500 g/mol. The van der Waals surface area contributed by atoms with Crippen LogP contribution in [0.2, 0.25) is 0 Å².